The molecule has 0 aromatic heterocycles. The van der Waals surface area contributed by atoms with Crippen LogP contribution in [0.4, 0.5) is 0 Å². The fourth-order valence-electron chi connectivity index (χ4n) is 2.09. The van der Waals surface area contributed by atoms with Crippen molar-refractivity contribution >= 4 is 6.47 Å². The van der Waals surface area contributed by atoms with Crippen molar-refractivity contribution in [1.29, 1.82) is 0 Å². The number of hydrogen-bond donors (Lipinski definition) is 0. The Morgan fingerprint density at radius 3 is 2.56 bits per heavy atom. The predicted molar refractivity (Wildman–Crippen MR) is 66.2 cm³/mol. The molecule has 0 aromatic carbocycles. The van der Waals surface area contributed by atoms with Crippen LogP contribution < -0.4 is 0 Å². The summed E-state index contributed by atoms with van der Waals surface area (Å²) in [4.78, 5) is 10.2. The molecule has 18 heavy (non-hydrogen) atoms. The van der Waals surface area contributed by atoms with Gasteiger partial charge in [0, 0.05) is 7.11 Å². The summed E-state index contributed by atoms with van der Waals surface area (Å²) in [7, 11) is 1.59. The van der Waals surface area contributed by atoms with Gasteiger partial charge in [-0.25, -0.2) is 0 Å². The number of carbonyl (C=O) groups is 1. The van der Waals surface area contributed by atoms with E-state index >= 15 is 0 Å². The highest BCUT2D eigenvalue weighted by molar-refractivity contribution is 5.37. The molecule has 1 aliphatic rings. The Hall–Kier alpha value is -1.17. The highest BCUT2D eigenvalue weighted by atomic mass is 16.6. The number of methoxy groups -OCH3 is 1. The maximum Gasteiger partial charge on any atom is 0.293 e. The molecule has 1 heterocycles. The standard InChI is InChI=1S/C13H20O5/c1-4-6-10-13(17-7-5-2)12(15-3)11(18-10)8-16-9-14/h4-5,9-13H,1-2,6-8H2,3H3/t10-,11+,12-,13+/m0/s1. The van der Waals surface area contributed by atoms with E-state index in [-0.39, 0.29) is 31.0 Å². The normalized spacial score (nSPS) is 30.9. The minimum absolute atomic E-state index is 0.146. The first-order valence-electron chi connectivity index (χ1n) is 5.85. The van der Waals surface area contributed by atoms with E-state index in [9.17, 15) is 4.79 Å². The second-order valence-electron chi connectivity index (χ2n) is 3.95. The van der Waals surface area contributed by atoms with Crippen LogP contribution in [-0.2, 0) is 23.7 Å². The first-order valence-corrected chi connectivity index (χ1v) is 5.85. The van der Waals surface area contributed by atoms with Crippen LogP contribution in [0.25, 0.3) is 0 Å². The van der Waals surface area contributed by atoms with Crippen LogP contribution in [-0.4, -0.2) is 51.2 Å². The second kappa shape index (κ2) is 8.02. The van der Waals surface area contributed by atoms with Crippen LogP contribution in [0.1, 0.15) is 6.42 Å². The molecule has 1 fully saturated rings. The zero-order chi connectivity index (χ0) is 13.4. The van der Waals surface area contributed by atoms with Gasteiger partial charge < -0.3 is 18.9 Å². The zero-order valence-corrected chi connectivity index (χ0v) is 10.6. The molecule has 4 atom stereocenters. The molecule has 1 aliphatic heterocycles. The molecule has 102 valence electrons. The molecule has 0 N–H and O–H groups in total. The molecule has 0 unspecified atom stereocenters. The molecule has 0 aromatic rings. The lowest BCUT2D eigenvalue weighted by molar-refractivity contribution is -0.134. The highest BCUT2D eigenvalue weighted by Gasteiger charge is 2.45. The third-order valence-corrected chi connectivity index (χ3v) is 2.81. The Morgan fingerprint density at radius 1 is 1.22 bits per heavy atom. The van der Waals surface area contributed by atoms with Gasteiger partial charge >= 0.3 is 0 Å². The maximum absolute atomic E-state index is 10.2. The maximum atomic E-state index is 10.2. The van der Waals surface area contributed by atoms with Gasteiger partial charge in [0.1, 0.15) is 24.9 Å². The smallest absolute Gasteiger partial charge is 0.293 e. The third kappa shape index (κ3) is 3.66. The van der Waals surface area contributed by atoms with E-state index < -0.39 is 0 Å². The first-order chi connectivity index (χ1) is 8.78. The van der Waals surface area contributed by atoms with Gasteiger partial charge in [0.25, 0.3) is 6.47 Å². The molecular formula is C13H20O5. The second-order valence-corrected chi connectivity index (χ2v) is 3.95. The number of carbonyl (C=O) groups excluding carboxylic acids is 1. The third-order valence-electron chi connectivity index (χ3n) is 2.81. The highest BCUT2D eigenvalue weighted by Crippen LogP contribution is 2.28. The SMILES string of the molecule is C=CCO[C@H]1[C@@H](OC)[C@@H](COC=O)O[C@H]1CC=C. The largest absolute Gasteiger partial charge is 0.465 e. The molecule has 1 saturated heterocycles. The molecule has 0 bridgehead atoms. The molecule has 5 heteroatoms. The van der Waals surface area contributed by atoms with Crippen LogP contribution in [0.3, 0.4) is 0 Å². The van der Waals surface area contributed by atoms with Crippen LogP contribution in [0.5, 0.6) is 0 Å². The van der Waals surface area contributed by atoms with Crippen molar-refractivity contribution in [2.45, 2.75) is 30.8 Å². The van der Waals surface area contributed by atoms with Gasteiger partial charge in [0.15, 0.2) is 0 Å². The van der Waals surface area contributed by atoms with Crippen molar-refractivity contribution in [3.63, 3.8) is 0 Å². The Bertz CT molecular complexity index is 279. The molecule has 5 nitrogen and oxygen atoms in total. The van der Waals surface area contributed by atoms with Crippen LogP contribution in [0, 0.1) is 0 Å². The van der Waals surface area contributed by atoms with E-state index in [2.05, 4.69) is 13.2 Å². The lowest BCUT2D eigenvalue weighted by Gasteiger charge is -2.22. The summed E-state index contributed by atoms with van der Waals surface area (Å²) in [6.45, 7) is 8.28. The van der Waals surface area contributed by atoms with E-state index in [4.69, 9.17) is 18.9 Å². The lowest BCUT2D eigenvalue weighted by Crippen LogP contribution is -2.38. The quantitative estimate of drug-likeness (QED) is 0.456. The Kier molecular flexibility index (Phi) is 6.64. The molecule has 0 saturated carbocycles. The summed E-state index contributed by atoms with van der Waals surface area (Å²) >= 11 is 0. The Balaban J connectivity index is 2.69. The monoisotopic (exact) mass is 256 g/mol. The van der Waals surface area contributed by atoms with Crippen molar-refractivity contribution < 1.29 is 23.7 Å². The number of rotatable bonds is 9. The summed E-state index contributed by atoms with van der Waals surface area (Å²) in [6, 6.07) is 0. The topological polar surface area (TPSA) is 54.0 Å². The van der Waals surface area contributed by atoms with Crippen LogP contribution >= 0.6 is 0 Å². The minimum atomic E-state index is -0.319. The van der Waals surface area contributed by atoms with Gasteiger partial charge in [-0.3, -0.25) is 4.79 Å². The summed E-state index contributed by atoms with van der Waals surface area (Å²) in [5, 5.41) is 0. The summed E-state index contributed by atoms with van der Waals surface area (Å²) < 4.78 is 21.6. The van der Waals surface area contributed by atoms with E-state index in [0.29, 0.717) is 19.5 Å². The van der Waals surface area contributed by atoms with E-state index in [0.717, 1.165) is 0 Å². The van der Waals surface area contributed by atoms with E-state index in [1.807, 2.05) is 0 Å². The van der Waals surface area contributed by atoms with Crippen LogP contribution in [0.15, 0.2) is 25.3 Å². The average molecular weight is 256 g/mol. The zero-order valence-electron chi connectivity index (χ0n) is 10.6. The first kappa shape index (κ1) is 14.9. The van der Waals surface area contributed by atoms with Gasteiger partial charge in [0.05, 0.1) is 12.7 Å². The van der Waals surface area contributed by atoms with E-state index in [1.54, 1.807) is 19.3 Å². The number of ether oxygens (including phenoxy) is 4. The van der Waals surface area contributed by atoms with Gasteiger partial charge in [-0.1, -0.05) is 12.2 Å². The van der Waals surface area contributed by atoms with Gasteiger partial charge in [0.2, 0.25) is 0 Å². The van der Waals surface area contributed by atoms with Gasteiger partial charge in [-0.05, 0) is 6.42 Å². The predicted octanol–water partition coefficient (Wildman–Crippen LogP) is 1.09. The van der Waals surface area contributed by atoms with E-state index in [1.165, 1.54) is 0 Å². The molecule has 0 radical (unpaired) electrons. The molecule has 0 spiro atoms. The fraction of sp³-hybridized carbons (Fsp3) is 0.615. The molecule has 1 rings (SSSR count). The van der Waals surface area contributed by atoms with Crippen molar-refractivity contribution in [1.82, 2.24) is 0 Å². The molecule has 0 amide bonds. The van der Waals surface area contributed by atoms with Gasteiger partial charge in [-0.15, -0.1) is 13.2 Å². The lowest BCUT2D eigenvalue weighted by atomic mass is 10.1. The average Bonchev–Trinajstić information content (AvgIpc) is 2.71. The van der Waals surface area contributed by atoms with Crippen molar-refractivity contribution in [3.8, 4) is 0 Å². The fourth-order valence-corrected chi connectivity index (χ4v) is 2.09. The Labute approximate surface area is 107 Å². The minimum Gasteiger partial charge on any atom is -0.465 e. The van der Waals surface area contributed by atoms with Crippen molar-refractivity contribution in [2.75, 3.05) is 20.3 Å². The number of hydrogen-bond acceptors (Lipinski definition) is 5. The van der Waals surface area contributed by atoms with Crippen molar-refractivity contribution in [3.05, 3.63) is 25.3 Å². The Morgan fingerprint density at radius 2 is 2.00 bits per heavy atom. The van der Waals surface area contributed by atoms with Gasteiger partial charge in [-0.2, -0.15) is 0 Å². The van der Waals surface area contributed by atoms with Crippen LogP contribution in [0.2, 0.25) is 0 Å². The summed E-state index contributed by atoms with van der Waals surface area (Å²) in [5.41, 5.74) is 0. The van der Waals surface area contributed by atoms with Crippen molar-refractivity contribution in [2.24, 2.45) is 0 Å². The molecule has 0 aliphatic carbocycles. The molecular weight excluding hydrogens is 236 g/mol. The summed E-state index contributed by atoms with van der Waals surface area (Å²) in [5.74, 6) is 0. The summed E-state index contributed by atoms with van der Waals surface area (Å²) in [6.07, 6.45) is 3.14.